The molecule has 1 aliphatic heterocycles. The van der Waals surface area contributed by atoms with E-state index in [4.69, 9.17) is 27.7 Å². The number of hydrogen-bond donors (Lipinski definition) is 1. The van der Waals surface area contributed by atoms with Crippen molar-refractivity contribution in [3.63, 3.8) is 0 Å². The van der Waals surface area contributed by atoms with Crippen LogP contribution in [0.2, 0.25) is 10.0 Å². The molecule has 0 spiro atoms. The predicted octanol–water partition coefficient (Wildman–Crippen LogP) is 4.17. The van der Waals surface area contributed by atoms with Gasteiger partial charge in [-0.05, 0) is 43.3 Å². The number of anilines is 1. The molecule has 0 radical (unpaired) electrons. The van der Waals surface area contributed by atoms with Crippen LogP contribution in [0.15, 0.2) is 47.0 Å². The summed E-state index contributed by atoms with van der Waals surface area (Å²) in [6.07, 6.45) is 0. The SMILES string of the molecule is Cc1onc(-c2c(F)cccc2Cl)c1C(=O)NCC(=O)N1CCN(c2ccc(Cl)cc2)CC1. The number of aryl methyl sites for hydroxylation is 1. The molecular formula is C23H21Cl2FN4O3. The standard InChI is InChI=1S/C23H21Cl2FN4O3/c1-14-20(22(28-33-14)21-17(25)3-2-4-18(21)26)23(32)27-13-19(31)30-11-9-29(10-12-30)16-7-5-15(24)6-8-16/h2-8H,9-13H2,1H3,(H,27,32). The summed E-state index contributed by atoms with van der Waals surface area (Å²) in [7, 11) is 0. The zero-order chi connectivity index (χ0) is 23.5. The number of hydrogen-bond acceptors (Lipinski definition) is 5. The highest BCUT2D eigenvalue weighted by Crippen LogP contribution is 2.33. The first-order valence-corrected chi connectivity index (χ1v) is 11.1. The van der Waals surface area contributed by atoms with Crippen LogP contribution < -0.4 is 10.2 Å². The molecule has 1 fully saturated rings. The van der Waals surface area contributed by atoms with E-state index in [0.29, 0.717) is 31.2 Å². The minimum Gasteiger partial charge on any atom is -0.368 e. The molecule has 2 amide bonds. The highest BCUT2D eigenvalue weighted by Gasteiger charge is 2.27. The van der Waals surface area contributed by atoms with Crippen molar-refractivity contribution >= 4 is 40.7 Å². The summed E-state index contributed by atoms with van der Waals surface area (Å²) < 4.78 is 19.5. The molecule has 0 saturated carbocycles. The van der Waals surface area contributed by atoms with E-state index in [0.717, 1.165) is 5.69 Å². The second kappa shape index (κ2) is 9.80. The maximum absolute atomic E-state index is 14.4. The fourth-order valence-electron chi connectivity index (χ4n) is 3.76. The van der Waals surface area contributed by atoms with E-state index < -0.39 is 11.7 Å². The van der Waals surface area contributed by atoms with Crippen molar-refractivity contribution in [3.05, 3.63) is 69.7 Å². The summed E-state index contributed by atoms with van der Waals surface area (Å²) in [5, 5.41) is 7.19. The minimum absolute atomic E-state index is 0.00266. The van der Waals surface area contributed by atoms with Gasteiger partial charge in [-0.1, -0.05) is 34.4 Å². The Morgan fingerprint density at radius 1 is 1.09 bits per heavy atom. The monoisotopic (exact) mass is 490 g/mol. The summed E-state index contributed by atoms with van der Waals surface area (Å²) in [6.45, 7) is 3.73. The highest BCUT2D eigenvalue weighted by molar-refractivity contribution is 6.33. The van der Waals surface area contributed by atoms with E-state index in [2.05, 4.69) is 15.4 Å². The molecule has 2 aromatic carbocycles. The molecule has 33 heavy (non-hydrogen) atoms. The van der Waals surface area contributed by atoms with Gasteiger partial charge in [0.15, 0.2) is 0 Å². The van der Waals surface area contributed by atoms with Crippen LogP contribution >= 0.6 is 23.2 Å². The van der Waals surface area contributed by atoms with Crippen molar-refractivity contribution < 1.29 is 18.5 Å². The maximum atomic E-state index is 14.4. The van der Waals surface area contributed by atoms with Crippen LogP contribution in [0.3, 0.4) is 0 Å². The number of nitrogens with one attached hydrogen (secondary N) is 1. The number of halogens is 3. The molecular weight excluding hydrogens is 470 g/mol. The van der Waals surface area contributed by atoms with Crippen molar-refractivity contribution in [3.8, 4) is 11.3 Å². The summed E-state index contributed by atoms with van der Waals surface area (Å²) in [4.78, 5) is 29.4. The summed E-state index contributed by atoms with van der Waals surface area (Å²) in [6, 6.07) is 11.7. The molecule has 1 aliphatic rings. The predicted molar refractivity (Wildman–Crippen MR) is 124 cm³/mol. The molecule has 2 heterocycles. The van der Waals surface area contributed by atoms with Gasteiger partial charge >= 0.3 is 0 Å². The van der Waals surface area contributed by atoms with Crippen LogP contribution in [-0.2, 0) is 4.79 Å². The number of rotatable bonds is 5. The molecule has 3 aromatic rings. The fourth-order valence-corrected chi connectivity index (χ4v) is 4.13. The van der Waals surface area contributed by atoms with Gasteiger partial charge in [0.2, 0.25) is 5.91 Å². The van der Waals surface area contributed by atoms with E-state index in [1.54, 1.807) is 4.90 Å². The van der Waals surface area contributed by atoms with Crippen LogP contribution in [0, 0.1) is 12.7 Å². The number of aromatic nitrogens is 1. The minimum atomic E-state index is -0.625. The number of piperazine rings is 1. The van der Waals surface area contributed by atoms with Crippen LogP contribution in [0.25, 0.3) is 11.3 Å². The lowest BCUT2D eigenvalue weighted by Crippen LogP contribution is -2.51. The van der Waals surface area contributed by atoms with Crippen LogP contribution in [0.1, 0.15) is 16.1 Å². The van der Waals surface area contributed by atoms with E-state index in [1.807, 2.05) is 24.3 Å². The van der Waals surface area contributed by atoms with Gasteiger partial charge in [0, 0.05) is 36.9 Å². The van der Waals surface area contributed by atoms with E-state index in [1.165, 1.54) is 25.1 Å². The van der Waals surface area contributed by atoms with Gasteiger partial charge in [-0.15, -0.1) is 0 Å². The van der Waals surface area contributed by atoms with Gasteiger partial charge < -0.3 is 19.6 Å². The molecule has 0 aliphatic carbocycles. The lowest BCUT2D eigenvalue weighted by Gasteiger charge is -2.36. The molecule has 0 unspecified atom stereocenters. The zero-order valence-corrected chi connectivity index (χ0v) is 19.3. The third kappa shape index (κ3) is 4.96. The number of carbonyl (C=O) groups excluding carboxylic acids is 2. The number of benzene rings is 2. The van der Waals surface area contributed by atoms with Gasteiger partial charge in [0.05, 0.1) is 17.1 Å². The largest absolute Gasteiger partial charge is 0.368 e. The van der Waals surface area contributed by atoms with Gasteiger partial charge in [0.25, 0.3) is 5.91 Å². The quantitative estimate of drug-likeness (QED) is 0.580. The molecule has 4 rings (SSSR count). The van der Waals surface area contributed by atoms with Gasteiger partial charge in [-0.25, -0.2) is 4.39 Å². The van der Waals surface area contributed by atoms with E-state index in [-0.39, 0.29) is 40.1 Å². The van der Waals surface area contributed by atoms with Crippen molar-refractivity contribution in [1.29, 1.82) is 0 Å². The van der Waals surface area contributed by atoms with Crippen LogP contribution in [-0.4, -0.2) is 54.6 Å². The summed E-state index contributed by atoms with van der Waals surface area (Å²) >= 11 is 12.1. The number of carbonyl (C=O) groups is 2. The number of amides is 2. The van der Waals surface area contributed by atoms with Crippen molar-refractivity contribution in [1.82, 2.24) is 15.4 Å². The Labute approximate surface area is 200 Å². The van der Waals surface area contributed by atoms with Crippen molar-refractivity contribution in [2.75, 3.05) is 37.6 Å². The van der Waals surface area contributed by atoms with Gasteiger partial charge in [-0.3, -0.25) is 9.59 Å². The highest BCUT2D eigenvalue weighted by atomic mass is 35.5. The van der Waals surface area contributed by atoms with Gasteiger partial charge in [0.1, 0.15) is 22.8 Å². The topological polar surface area (TPSA) is 78.7 Å². The third-order valence-electron chi connectivity index (χ3n) is 5.51. The Balaban J connectivity index is 1.38. The third-order valence-corrected chi connectivity index (χ3v) is 6.08. The van der Waals surface area contributed by atoms with Gasteiger partial charge in [-0.2, -0.15) is 0 Å². The molecule has 1 N–H and O–H groups in total. The molecule has 0 atom stereocenters. The average Bonchev–Trinajstić information content (AvgIpc) is 3.18. The Bertz CT molecular complexity index is 1150. The summed E-state index contributed by atoms with van der Waals surface area (Å²) in [5.41, 5.74) is 1.06. The van der Waals surface area contributed by atoms with E-state index in [9.17, 15) is 14.0 Å². The molecule has 1 aromatic heterocycles. The first-order valence-electron chi connectivity index (χ1n) is 10.3. The summed E-state index contributed by atoms with van der Waals surface area (Å²) in [5.74, 6) is -1.22. The maximum Gasteiger partial charge on any atom is 0.257 e. The lowest BCUT2D eigenvalue weighted by atomic mass is 10.0. The normalized spacial score (nSPS) is 13.8. The molecule has 172 valence electrons. The smallest absolute Gasteiger partial charge is 0.257 e. The Morgan fingerprint density at radius 2 is 1.79 bits per heavy atom. The van der Waals surface area contributed by atoms with Crippen LogP contribution in [0.5, 0.6) is 0 Å². The lowest BCUT2D eigenvalue weighted by molar-refractivity contribution is -0.130. The Kier molecular flexibility index (Phi) is 6.85. The fraction of sp³-hybridized carbons (Fsp3) is 0.261. The van der Waals surface area contributed by atoms with Crippen LogP contribution in [0.4, 0.5) is 10.1 Å². The molecule has 10 heteroatoms. The van der Waals surface area contributed by atoms with Crippen molar-refractivity contribution in [2.45, 2.75) is 6.92 Å². The second-order valence-electron chi connectivity index (χ2n) is 7.59. The Hall–Kier alpha value is -3.10. The molecule has 1 saturated heterocycles. The molecule has 0 bridgehead atoms. The first-order chi connectivity index (χ1) is 15.8. The zero-order valence-electron chi connectivity index (χ0n) is 17.8. The number of nitrogens with zero attached hydrogens (tertiary/aromatic N) is 3. The first kappa shape index (κ1) is 23.1. The van der Waals surface area contributed by atoms with Crippen molar-refractivity contribution in [2.24, 2.45) is 0 Å². The second-order valence-corrected chi connectivity index (χ2v) is 8.43. The Morgan fingerprint density at radius 3 is 2.45 bits per heavy atom. The average molecular weight is 491 g/mol. The van der Waals surface area contributed by atoms with E-state index >= 15 is 0 Å². The molecule has 7 nitrogen and oxygen atoms in total.